The first kappa shape index (κ1) is 10.2. The van der Waals surface area contributed by atoms with Crippen molar-refractivity contribution in [2.45, 2.75) is 31.7 Å². The molecule has 3 fully saturated rings. The lowest BCUT2D eigenvalue weighted by Gasteiger charge is -2.70. The third-order valence-electron chi connectivity index (χ3n) is 3.66. The van der Waals surface area contributed by atoms with E-state index in [1.165, 1.54) is 0 Å². The van der Waals surface area contributed by atoms with E-state index in [-0.39, 0.29) is 17.6 Å². The fourth-order valence-electron chi connectivity index (χ4n) is 2.98. The summed E-state index contributed by atoms with van der Waals surface area (Å²) in [5.41, 5.74) is 0.967. The average Bonchev–Trinajstić information content (AvgIpc) is 2.15. The predicted octanol–water partition coefficient (Wildman–Crippen LogP) is 1.16. The van der Waals surface area contributed by atoms with Crippen LogP contribution in [0.1, 0.15) is 25.0 Å². The number of aliphatic hydroxyl groups is 1. The summed E-state index contributed by atoms with van der Waals surface area (Å²) in [6.07, 6.45) is 3.00. The Morgan fingerprint density at radius 1 is 1.38 bits per heavy atom. The summed E-state index contributed by atoms with van der Waals surface area (Å²) < 4.78 is 0. The Bertz CT molecular complexity index is 431. The molecule has 86 valence electrons. The SMILES string of the molecule is Cc1nc(NC23CC(CO)(C2)C3)nnc1Cl. The largest absolute Gasteiger partial charge is 0.396 e. The van der Waals surface area contributed by atoms with Crippen LogP contribution in [0.5, 0.6) is 0 Å². The van der Waals surface area contributed by atoms with Crippen molar-refractivity contribution >= 4 is 17.5 Å². The van der Waals surface area contributed by atoms with Crippen LogP contribution < -0.4 is 5.32 Å². The number of hydrogen-bond donors (Lipinski definition) is 2. The highest BCUT2D eigenvalue weighted by atomic mass is 35.5. The van der Waals surface area contributed by atoms with Crippen molar-refractivity contribution < 1.29 is 5.11 Å². The number of rotatable bonds is 3. The molecule has 4 rings (SSSR count). The summed E-state index contributed by atoms with van der Waals surface area (Å²) in [5, 5.41) is 20.5. The second kappa shape index (κ2) is 3.05. The van der Waals surface area contributed by atoms with Gasteiger partial charge >= 0.3 is 0 Å². The van der Waals surface area contributed by atoms with Crippen molar-refractivity contribution in [3.63, 3.8) is 0 Å². The van der Waals surface area contributed by atoms with Gasteiger partial charge in [0.15, 0.2) is 5.15 Å². The summed E-state index contributed by atoms with van der Waals surface area (Å²) in [6.45, 7) is 2.09. The second-order valence-corrected chi connectivity index (χ2v) is 5.46. The van der Waals surface area contributed by atoms with Gasteiger partial charge < -0.3 is 10.4 Å². The van der Waals surface area contributed by atoms with Crippen LogP contribution in [-0.4, -0.2) is 32.4 Å². The fourth-order valence-corrected chi connectivity index (χ4v) is 3.06. The van der Waals surface area contributed by atoms with Crippen molar-refractivity contribution in [2.24, 2.45) is 5.41 Å². The lowest BCUT2D eigenvalue weighted by Crippen LogP contribution is -2.72. The van der Waals surface area contributed by atoms with Gasteiger partial charge in [0.1, 0.15) is 0 Å². The number of anilines is 1. The molecule has 0 atom stereocenters. The third kappa shape index (κ3) is 1.31. The van der Waals surface area contributed by atoms with Gasteiger partial charge in [-0.1, -0.05) is 11.6 Å². The smallest absolute Gasteiger partial charge is 0.243 e. The van der Waals surface area contributed by atoms with E-state index < -0.39 is 0 Å². The Hall–Kier alpha value is -0.940. The van der Waals surface area contributed by atoms with Gasteiger partial charge in [-0.15, -0.1) is 10.2 Å². The van der Waals surface area contributed by atoms with Crippen LogP contribution in [0.3, 0.4) is 0 Å². The Labute approximate surface area is 98.2 Å². The molecule has 2 N–H and O–H groups in total. The summed E-state index contributed by atoms with van der Waals surface area (Å²) in [4.78, 5) is 4.23. The molecule has 1 aromatic heterocycles. The maximum absolute atomic E-state index is 9.16. The van der Waals surface area contributed by atoms with E-state index in [1.807, 2.05) is 0 Å². The molecule has 1 aromatic rings. The van der Waals surface area contributed by atoms with Crippen LogP contribution in [0.4, 0.5) is 5.95 Å². The second-order valence-electron chi connectivity index (χ2n) is 5.11. The fraction of sp³-hybridized carbons (Fsp3) is 0.700. The standard InChI is InChI=1S/C10H13ClN4O/c1-6-7(11)14-15-8(12-6)13-10-2-9(3-10,4-10)5-16/h16H,2-5H2,1H3,(H,12,13,15). The first-order valence-electron chi connectivity index (χ1n) is 5.32. The highest BCUT2D eigenvalue weighted by Crippen LogP contribution is 2.67. The van der Waals surface area contributed by atoms with E-state index in [4.69, 9.17) is 16.7 Å². The quantitative estimate of drug-likeness (QED) is 0.830. The molecule has 0 saturated heterocycles. The lowest BCUT2D eigenvalue weighted by molar-refractivity contribution is -0.146. The lowest BCUT2D eigenvalue weighted by atomic mass is 9.40. The number of nitrogens with zero attached hydrogens (tertiary/aromatic N) is 3. The Morgan fingerprint density at radius 3 is 2.62 bits per heavy atom. The Balaban J connectivity index is 1.70. The van der Waals surface area contributed by atoms with Crippen molar-refractivity contribution in [3.8, 4) is 0 Å². The van der Waals surface area contributed by atoms with E-state index in [2.05, 4.69) is 20.5 Å². The van der Waals surface area contributed by atoms with Crippen LogP contribution in [-0.2, 0) is 0 Å². The molecule has 16 heavy (non-hydrogen) atoms. The predicted molar refractivity (Wildman–Crippen MR) is 59.3 cm³/mol. The molecule has 0 unspecified atom stereocenters. The van der Waals surface area contributed by atoms with Gasteiger partial charge in [-0.25, -0.2) is 4.98 Å². The molecule has 3 aliphatic rings. The maximum atomic E-state index is 9.16. The molecule has 0 aromatic carbocycles. The molecule has 5 nitrogen and oxygen atoms in total. The first-order chi connectivity index (χ1) is 7.56. The Kier molecular flexibility index (Phi) is 1.95. The molecular weight excluding hydrogens is 228 g/mol. The van der Waals surface area contributed by atoms with Crippen LogP contribution in [0.15, 0.2) is 0 Å². The number of halogens is 1. The molecule has 1 heterocycles. The monoisotopic (exact) mass is 240 g/mol. The van der Waals surface area contributed by atoms with Gasteiger partial charge in [0, 0.05) is 17.6 Å². The maximum Gasteiger partial charge on any atom is 0.243 e. The van der Waals surface area contributed by atoms with E-state index in [0.717, 1.165) is 19.3 Å². The molecule has 0 amide bonds. The van der Waals surface area contributed by atoms with Crippen LogP contribution in [0.2, 0.25) is 5.15 Å². The number of hydrogen-bond acceptors (Lipinski definition) is 5. The number of aryl methyl sites for hydroxylation is 1. The first-order valence-corrected chi connectivity index (χ1v) is 5.70. The average molecular weight is 241 g/mol. The van der Waals surface area contributed by atoms with Crippen molar-refractivity contribution in [1.29, 1.82) is 0 Å². The zero-order valence-electron chi connectivity index (χ0n) is 9.00. The summed E-state index contributed by atoms with van der Waals surface area (Å²) in [6, 6.07) is 0. The van der Waals surface area contributed by atoms with Crippen LogP contribution in [0, 0.1) is 12.3 Å². The highest BCUT2D eigenvalue weighted by molar-refractivity contribution is 6.29. The molecule has 6 heteroatoms. The van der Waals surface area contributed by atoms with E-state index >= 15 is 0 Å². The van der Waals surface area contributed by atoms with Gasteiger partial charge in [-0.3, -0.25) is 0 Å². The zero-order chi connectivity index (χ0) is 11.4. The van der Waals surface area contributed by atoms with Gasteiger partial charge in [0.05, 0.1) is 5.69 Å². The van der Waals surface area contributed by atoms with Crippen molar-refractivity contribution in [3.05, 3.63) is 10.8 Å². The van der Waals surface area contributed by atoms with Crippen molar-refractivity contribution in [1.82, 2.24) is 15.2 Å². The van der Waals surface area contributed by atoms with Gasteiger partial charge in [-0.05, 0) is 26.2 Å². The molecule has 0 aliphatic heterocycles. The minimum atomic E-state index is 0.102. The normalized spacial score (nSPS) is 35.2. The minimum Gasteiger partial charge on any atom is -0.396 e. The highest BCUT2D eigenvalue weighted by Gasteiger charge is 2.67. The van der Waals surface area contributed by atoms with Crippen LogP contribution >= 0.6 is 11.6 Å². The van der Waals surface area contributed by atoms with E-state index in [9.17, 15) is 0 Å². The third-order valence-corrected chi connectivity index (χ3v) is 4.01. The number of aliphatic hydroxyl groups excluding tert-OH is 1. The van der Waals surface area contributed by atoms with E-state index in [1.54, 1.807) is 6.92 Å². The summed E-state index contributed by atoms with van der Waals surface area (Å²) in [5.74, 6) is 0.535. The van der Waals surface area contributed by atoms with Gasteiger partial charge in [0.2, 0.25) is 5.95 Å². The van der Waals surface area contributed by atoms with Crippen molar-refractivity contribution in [2.75, 3.05) is 11.9 Å². The van der Waals surface area contributed by atoms with Gasteiger partial charge in [0.25, 0.3) is 0 Å². The molecule has 3 saturated carbocycles. The molecule has 0 radical (unpaired) electrons. The van der Waals surface area contributed by atoms with E-state index in [0.29, 0.717) is 16.8 Å². The van der Waals surface area contributed by atoms with Crippen LogP contribution in [0.25, 0.3) is 0 Å². The molecule has 0 spiro atoms. The summed E-state index contributed by atoms with van der Waals surface area (Å²) >= 11 is 5.76. The molecule has 2 bridgehead atoms. The molecular formula is C10H13ClN4O. The zero-order valence-corrected chi connectivity index (χ0v) is 9.75. The topological polar surface area (TPSA) is 70.9 Å². The Morgan fingerprint density at radius 2 is 2.06 bits per heavy atom. The minimum absolute atomic E-state index is 0.102. The number of nitrogens with one attached hydrogen (secondary N) is 1. The number of aromatic nitrogens is 3. The summed E-state index contributed by atoms with van der Waals surface area (Å²) in [7, 11) is 0. The molecule has 3 aliphatic carbocycles. The van der Waals surface area contributed by atoms with Gasteiger partial charge in [-0.2, -0.15) is 0 Å².